The summed E-state index contributed by atoms with van der Waals surface area (Å²) in [4.78, 5) is 12.1. The molecule has 0 aliphatic rings. The van der Waals surface area contributed by atoms with E-state index < -0.39 is 34.1 Å². The number of rotatable bonds is 5. The van der Waals surface area contributed by atoms with E-state index in [-0.39, 0.29) is 11.4 Å². The van der Waals surface area contributed by atoms with Gasteiger partial charge in [-0.2, -0.15) is 5.26 Å². The Labute approximate surface area is 143 Å². The second kappa shape index (κ2) is 7.27. The Morgan fingerprint density at radius 2 is 1.80 bits per heavy atom. The largest absolute Gasteiger partial charge is 0.324 e. The van der Waals surface area contributed by atoms with E-state index in [2.05, 4.69) is 5.32 Å². The van der Waals surface area contributed by atoms with Crippen LogP contribution in [0.5, 0.6) is 0 Å². The van der Waals surface area contributed by atoms with Crippen LogP contribution in [0.3, 0.4) is 0 Å². The van der Waals surface area contributed by atoms with Crippen LogP contribution in [0.15, 0.2) is 42.5 Å². The zero-order valence-electron chi connectivity index (χ0n) is 13.0. The highest BCUT2D eigenvalue weighted by Crippen LogP contribution is 2.19. The van der Waals surface area contributed by atoms with Gasteiger partial charge in [-0.05, 0) is 36.4 Å². The van der Waals surface area contributed by atoms with Crippen LogP contribution in [0.25, 0.3) is 0 Å². The Morgan fingerprint density at radius 1 is 1.16 bits per heavy atom. The number of amides is 1. The predicted molar refractivity (Wildman–Crippen MR) is 88.3 cm³/mol. The average molecular weight is 365 g/mol. The number of nitrogens with zero attached hydrogens (tertiary/aromatic N) is 2. The molecule has 0 aliphatic heterocycles. The van der Waals surface area contributed by atoms with Crippen molar-refractivity contribution in [1.82, 2.24) is 0 Å². The number of carbonyl (C=O) groups is 1. The Bertz CT molecular complexity index is 938. The molecule has 6 nitrogen and oxygen atoms in total. The highest BCUT2D eigenvalue weighted by atomic mass is 32.2. The van der Waals surface area contributed by atoms with Crippen LogP contribution in [0.2, 0.25) is 0 Å². The first-order valence-corrected chi connectivity index (χ1v) is 8.78. The van der Waals surface area contributed by atoms with Crippen LogP contribution in [0.4, 0.5) is 20.2 Å². The topological polar surface area (TPSA) is 90.3 Å². The first-order chi connectivity index (χ1) is 11.7. The van der Waals surface area contributed by atoms with E-state index in [0.29, 0.717) is 5.56 Å². The fourth-order valence-electron chi connectivity index (χ4n) is 2.01. The lowest BCUT2D eigenvalue weighted by molar-refractivity contribution is -0.114. The van der Waals surface area contributed by atoms with E-state index >= 15 is 0 Å². The van der Waals surface area contributed by atoms with Gasteiger partial charge in [0, 0.05) is 11.8 Å². The van der Waals surface area contributed by atoms with Crippen LogP contribution in [-0.2, 0) is 14.8 Å². The van der Waals surface area contributed by atoms with Crippen molar-refractivity contribution in [3.8, 4) is 6.07 Å². The maximum Gasteiger partial charge on any atom is 0.245 e. The van der Waals surface area contributed by atoms with E-state index in [1.165, 1.54) is 24.3 Å². The highest BCUT2D eigenvalue weighted by molar-refractivity contribution is 7.92. The smallest absolute Gasteiger partial charge is 0.245 e. The summed E-state index contributed by atoms with van der Waals surface area (Å²) in [5.41, 5.74) is 0.530. The van der Waals surface area contributed by atoms with Crippen molar-refractivity contribution in [3.05, 3.63) is 59.7 Å². The van der Waals surface area contributed by atoms with Gasteiger partial charge in [0.25, 0.3) is 0 Å². The average Bonchev–Trinajstić information content (AvgIpc) is 2.55. The molecule has 130 valence electrons. The van der Waals surface area contributed by atoms with Crippen molar-refractivity contribution in [2.45, 2.75) is 0 Å². The van der Waals surface area contributed by atoms with Gasteiger partial charge in [-0.3, -0.25) is 9.10 Å². The zero-order valence-corrected chi connectivity index (χ0v) is 13.8. The Kier molecular flexibility index (Phi) is 5.34. The molecule has 0 heterocycles. The molecule has 25 heavy (non-hydrogen) atoms. The minimum absolute atomic E-state index is 0.00261. The third-order valence-corrected chi connectivity index (χ3v) is 4.32. The number of halogens is 2. The lowest BCUT2D eigenvalue weighted by atomic mass is 10.2. The summed E-state index contributed by atoms with van der Waals surface area (Å²) in [5, 5.41) is 11.1. The molecule has 0 unspecified atom stereocenters. The molecule has 0 radical (unpaired) electrons. The second-order valence-corrected chi connectivity index (χ2v) is 7.01. The number of nitrogens with one attached hydrogen (secondary N) is 1. The van der Waals surface area contributed by atoms with Crippen molar-refractivity contribution < 1.29 is 22.0 Å². The standard InChI is InChI=1S/C16H13F2N3O3S/c1-25(23,24)21(13-5-2-11(9-19)3-6-13)10-16(22)20-12-4-7-14(17)15(18)8-12/h2-8H,10H2,1H3,(H,20,22). The first-order valence-electron chi connectivity index (χ1n) is 6.93. The predicted octanol–water partition coefficient (Wildman–Crippen LogP) is 2.24. The molecule has 0 saturated carbocycles. The van der Waals surface area contributed by atoms with Crippen LogP contribution in [-0.4, -0.2) is 27.1 Å². The molecule has 2 aromatic carbocycles. The highest BCUT2D eigenvalue weighted by Gasteiger charge is 2.21. The molecule has 0 aliphatic carbocycles. The van der Waals surface area contributed by atoms with Gasteiger partial charge in [-0.15, -0.1) is 0 Å². The van der Waals surface area contributed by atoms with Crippen molar-refractivity contribution in [2.75, 3.05) is 22.4 Å². The quantitative estimate of drug-likeness (QED) is 0.880. The van der Waals surface area contributed by atoms with Gasteiger partial charge in [-0.25, -0.2) is 17.2 Å². The van der Waals surface area contributed by atoms with E-state index in [4.69, 9.17) is 5.26 Å². The molecule has 1 amide bonds. The number of anilines is 2. The Balaban J connectivity index is 2.20. The Morgan fingerprint density at radius 3 is 2.32 bits per heavy atom. The summed E-state index contributed by atoms with van der Waals surface area (Å²) in [5.74, 6) is -2.93. The number of hydrogen-bond acceptors (Lipinski definition) is 4. The second-order valence-electron chi connectivity index (χ2n) is 5.11. The molecule has 2 aromatic rings. The van der Waals surface area contributed by atoms with Gasteiger partial charge in [0.05, 0.1) is 23.6 Å². The molecule has 9 heteroatoms. The van der Waals surface area contributed by atoms with Gasteiger partial charge >= 0.3 is 0 Å². The lowest BCUT2D eigenvalue weighted by Gasteiger charge is -2.22. The maximum atomic E-state index is 13.2. The van der Waals surface area contributed by atoms with Crippen LogP contribution in [0.1, 0.15) is 5.56 Å². The molecule has 0 fully saturated rings. The number of benzene rings is 2. The Hall–Kier alpha value is -2.99. The van der Waals surface area contributed by atoms with Crippen LogP contribution < -0.4 is 9.62 Å². The van der Waals surface area contributed by atoms with E-state index in [0.717, 1.165) is 28.8 Å². The first kappa shape index (κ1) is 18.4. The maximum absolute atomic E-state index is 13.2. The molecule has 0 bridgehead atoms. The molecular weight excluding hydrogens is 352 g/mol. The molecule has 1 N–H and O–H groups in total. The molecule has 2 rings (SSSR count). The minimum Gasteiger partial charge on any atom is -0.324 e. The lowest BCUT2D eigenvalue weighted by Crippen LogP contribution is -2.37. The molecule has 0 atom stereocenters. The zero-order chi connectivity index (χ0) is 18.6. The molecule has 0 saturated heterocycles. The van der Waals surface area contributed by atoms with Gasteiger partial charge < -0.3 is 5.32 Å². The third-order valence-electron chi connectivity index (χ3n) is 3.18. The number of nitriles is 1. The summed E-state index contributed by atoms with van der Waals surface area (Å²) in [6.07, 6.45) is 0.927. The SMILES string of the molecule is CS(=O)(=O)N(CC(=O)Nc1ccc(F)c(F)c1)c1ccc(C#N)cc1. The van der Waals surface area contributed by atoms with Gasteiger partial charge in [-0.1, -0.05) is 0 Å². The third kappa shape index (κ3) is 4.74. The summed E-state index contributed by atoms with van der Waals surface area (Å²) in [7, 11) is -3.78. The van der Waals surface area contributed by atoms with Crippen molar-refractivity contribution in [1.29, 1.82) is 5.26 Å². The fraction of sp³-hybridized carbons (Fsp3) is 0.125. The van der Waals surface area contributed by atoms with Crippen molar-refractivity contribution >= 4 is 27.3 Å². The summed E-state index contributed by atoms with van der Waals surface area (Å²) in [6, 6.07) is 10.3. The molecule has 0 spiro atoms. The van der Waals surface area contributed by atoms with Crippen molar-refractivity contribution in [2.24, 2.45) is 0 Å². The number of sulfonamides is 1. The van der Waals surface area contributed by atoms with Crippen LogP contribution >= 0.6 is 0 Å². The van der Waals surface area contributed by atoms with Gasteiger partial charge in [0.2, 0.25) is 15.9 Å². The normalized spacial score (nSPS) is 10.8. The monoisotopic (exact) mass is 365 g/mol. The minimum atomic E-state index is -3.78. The van der Waals surface area contributed by atoms with E-state index in [9.17, 15) is 22.0 Å². The summed E-state index contributed by atoms with van der Waals surface area (Å²) >= 11 is 0. The summed E-state index contributed by atoms with van der Waals surface area (Å²) < 4.78 is 50.8. The fourth-order valence-corrected chi connectivity index (χ4v) is 2.86. The van der Waals surface area contributed by atoms with Crippen LogP contribution in [0, 0.1) is 23.0 Å². The molecule has 0 aromatic heterocycles. The number of hydrogen-bond donors (Lipinski definition) is 1. The molecular formula is C16H13F2N3O3S. The van der Waals surface area contributed by atoms with Gasteiger partial charge in [0.15, 0.2) is 11.6 Å². The van der Waals surface area contributed by atoms with Crippen molar-refractivity contribution in [3.63, 3.8) is 0 Å². The number of carbonyl (C=O) groups excluding carboxylic acids is 1. The van der Waals surface area contributed by atoms with E-state index in [1.807, 2.05) is 6.07 Å². The van der Waals surface area contributed by atoms with E-state index in [1.54, 1.807) is 0 Å². The van der Waals surface area contributed by atoms with Gasteiger partial charge in [0.1, 0.15) is 6.54 Å². The summed E-state index contributed by atoms with van der Waals surface area (Å²) in [6.45, 7) is -0.566.